The van der Waals surface area contributed by atoms with Crippen molar-refractivity contribution in [3.63, 3.8) is 0 Å². The molecule has 0 aliphatic carbocycles. The molecule has 1 heterocycles. The first-order valence-corrected chi connectivity index (χ1v) is 6.89. The van der Waals surface area contributed by atoms with E-state index < -0.39 is 5.97 Å². The van der Waals surface area contributed by atoms with E-state index in [1.807, 2.05) is 48.5 Å². The number of hydrogen-bond donors (Lipinski definition) is 1. The average Bonchev–Trinajstić information content (AvgIpc) is 2.53. The van der Waals surface area contributed by atoms with E-state index in [1.165, 1.54) is 0 Å². The molecule has 3 rings (SSSR count). The van der Waals surface area contributed by atoms with Crippen LogP contribution in [-0.2, 0) is 0 Å². The van der Waals surface area contributed by atoms with Crippen LogP contribution in [0.15, 0.2) is 48.5 Å². The van der Waals surface area contributed by atoms with Gasteiger partial charge < -0.3 is 9.84 Å². The lowest BCUT2D eigenvalue weighted by molar-refractivity contribution is 0.0690. The van der Waals surface area contributed by atoms with Gasteiger partial charge in [0.25, 0.3) is 0 Å². The summed E-state index contributed by atoms with van der Waals surface area (Å²) in [7, 11) is 1.55. The summed E-state index contributed by atoms with van der Waals surface area (Å²) in [5, 5.41) is 10.2. The molecule has 0 aliphatic rings. The van der Waals surface area contributed by atoms with Crippen LogP contribution < -0.4 is 4.74 Å². The lowest BCUT2D eigenvalue weighted by atomic mass is 9.98. The Morgan fingerprint density at radius 1 is 1.14 bits per heavy atom. The van der Waals surface area contributed by atoms with E-state index in [2.05, 4.69) is 4.98 Å². The number of carboxylic acids is 1. The van der Waals surface area contributed by atoms with Crippen molar-refractivity contribution in [3.8, 4) is 16.9 Å². The molecule has 0 aliphatic heterocycles. The third-order valence-corrected chi connectivity index (χ3v) is 3.65. The zero-order valence-electron chi connectivity index (χ0n) is 12.3. The van der Waals surface area contributed by atoms with Gasteiger partial charge in [-0.3, -0.25) is 0 Å². The molecule has 0 saturated heterocycles. The van der Waals surface area contributed by atoms with Crippen molar-refractivity contribution in [2.45, 2.75) is 6.92 Å². The van der Waals surface area contributed by atoms with Gasteiger partial charge in [-0.1, -0.05) is 30.3 Å². The molecule has 0 saturated carbocycles. The third-order valence-electron chi connectivity index (χ3n) is 3.65. The van der Waals surface area contributed by atoms with E-state index >= 15 is 0 Å². The Bertz CT molecular complexity index is 857. The molecule has 0 bridgehead atoms. The maximum absolute atomic E-state index is 11.3. The molecule has 3 aromatic rings. The number of aromatic nitrogens is 1. The number of nitrogens with zero attached hydrogens (tertiary/aromatic N) is 1. The molecule has 4 heteroatoms. The third kappa shape index (κ3) is 2.29. The molecule has 0 unspecified atom stereocenters. The van der Waals surface area contributed by atoms with E-state index in [0.29, 0.717) is 16.8 Å². The molecule has 0 atom stereocenters. The first-order chi connectivity index (χ1) is 10.6. The molecule has 0 fully saturated rings. The van der Waals surface area contributed by atoms with Crippen molar-refractivity contribution in [1.29, 1.82) is 0 Å². The van der Waals surface area contributed by atoms with Crippen LogP contribution in [-0.4, -0.2) is 23.2 Å². The number of benzene rings is 2. The molecule has 0 radical (unpaired) electrons. The second-order valence-corrected chi connectivity index (χ2v) is 5.04. The maximum atomic E-state index is 11.3. The summed E-state index contributed by atoms with van der Waals surface area (Å²) in [6.45, 7) is 1.75. The summed E-state index contributed by atoms with van der Waals surface area (Å²) in [6.07, 6.45) is 0. The van der Waals surface area contributed by atoms with E-state index in [1.54, 1.807) is 14.0 Å². The summed E-state index contributed by atoms with van der Waals surface area (Å²) >= 11 is 0. The number of ether oxygens (including phenoxy) is 1. The molecular formula is C18H15NO3. The van der Waals surface area contributed by atoms with Crippen molar-refractivity contribution in [1.82, 2.24) is 4.98 Å². The fourth-order valence-corrected chi connectivity index (χ4v) is 2.58. The fraction of sp³-hybridized carbons (Fsp3) is 0.111. The van der Waals surface area contributed by atoms with E-state index in [9.17, 15) is 9.90 Å². The molecule has 1 N–H and O–H groups in total. The predicted molar refractivity (Wildman–Crippen MR) is 85.4 cm³/mol. The first-order valence-electron chi connectivity index (χ1n) is 6.89. The Balaban J connectivity index is 2.37. The van der Waals surface area contributed by atoms with Crippen LogP contribution in [0.5, 0.6) is 5.75 Å². The molecule has 0 spiro atoms. The monoisotopic (exact) mass is 293 g/mol. The van der Waals surface area contributed by atoms with Crippen molar-refractivity contribution in [2.24, 2.45) is 0 Å². The highest BCUT2D eigenvalue weighted by Crippen LogP contribution is 2.34. The highest BCUT2D eigenvalue weighted by molar-refractivity contribution is 6.01. The number of aromatic carboxylic acids is 1. The van der Waals surface area contributed by atoms with Crippen LogP contribution in [0.25, 0.3) is 22.0 Å². The summed E-state index contributed by atoms with van der Waals surface area (Å²) in [5.41, 5.74) is 3.30. The van der Waals surface area contributed by atoms with Gasteiger partial charge in [0, 0.05) is 5.39 Å². The smallest absolute Gasteiger partial charge is 0.354 e. The summed E-state index contributed by atoms with van der Waals surface area (Å²) in [5.74, 6) is -0.469. The fourth-order valence-electron chi connectivity index (χ4n) is 2.58. The number of fused-ring (bicyclic) bond motifs is 1. The standard InChI is InChI=1S/C18H15NO3/c1-11-10-14-13(12-6-4-3-5-7-12)8-9-15(22-2)17(14)19-16(11)18(20)21/h3-10H,1-2H3,(H,20,21). The zero-order chi connectivity index (χ0) is 15.7. The quantitative estimate of drug-likeness (QED) is 0.795. The number of carbonyl (C=O) groups is 1. The topological polar surface area (TPSA) is 59.4 Å². The second kappa shape index (κ2) is 5.48. The van der Waals surface area contributed by atoms with Crippen LogP contribution >= 0.6 is 0 Å². The molecule has 4 nitrogen and oxygen atoms in total. The number of methoxy groups -OCH3 is 1. The summed E-state index contributed by atoms with van der Waals surface area (Å²) in [4.78, 5) is 15.6. The highest BCUT2D eigenvalue weighted by atomic mass is 16.5. The second-order valence-electron chi connectivity index (χ2n) is 5.04. The Morgan fingerprint density at radius 3 is 2.50 bits per heavy atom. The van der Waals surface area contributed by atoms with Gasteiger partial charge in [0.05, 0.1) is 7.11 Å². The number of carboxylic acid groups (broad SMARTS) is 1. The Morgan fingerprint density at radius 2 is 1.86 bits per heavy atom. The average molecular weight is 293 g/mol. The molecule has 0 amide bonds. The summed E-state index contributed by atoms with van der Waals surface area (Å²) in [6, 6.07) is 15.6. The molecular weight excluding hydrogens is 278 g/mol. The van der Waals surface area contributed by atoms with Crippen LogP contribution in [0.2, 0.25) is 0 Å². The number of pyridine rings is 1. The van der Waals surface area contributed by atoms with Crippen molar-refractivity contribution < 1.29 is 14.6 Å². The van der Waals surface area contributed by atoms with E-state index in [4.69, 9.17) is 4.74 Å². The minimum Gasteiger partial charge on any atom is -0.494 e. The predicted octanol–water partition coefficient (Wildman–Crippen LogP) is 3.92. The minimum absolute atomic E-state index is 0.0519. The van der Waals surface area contributed by atoms with Crippen molar-refractivity contribution >= 4 is 16.9 Å². The van der Waals surface area contributed by atoms with Gasteiger partial charge in [0.2, 0.25) is 0 Å². The lowest BCUT2D eigenvalue weighted by Gasteiger charge is -2.12. The van der Waals surface area contributed by atoms with Crippen LogP contribution in [0.4, 0.5) is 0 Å². The number of aryl methyl sites for hydroxylation is 1. The number of hydrogen-bond acceptors (Lipinski definition) is 3. The van der Waals surface area contributed by atoms with E-state index in [0.717, 1.165) is 16.5 Å². The first kappa shape index (κ1) is 14.1. The van der Waals surface area contributed by atoms with Crippen LogP contribution in [0.3, 0.4) is 0 Å². The van der Waals surface area contributed by atoms with Crippen molar-refractivity contribution in [3.05, 3.63) is 59.8 Å². The SMILES string of the molecule is COc1ccc(-c2ccccc2)c2cc(C)c(C(=O)O)nc12. The largest absolute Gasteiger partial charge is 0.494 e. The van der Waals surface area contributed by atoms with Gasteiger partial charge in [-0.05, 0) is 41.8 Å². The van der Waals surface area contributed by atoms with Gasteiger partial charge in [0.15, 0.2) is 5.69 Å². The van der Waals surface area contributed by atoms with Gasteiger partial charge in [0.1, 0.15) is 11.3 Å². The van der Waals surface area contributed by atoms with Gasteiger partial charge in [-0.15, -0.1) is 0 Å². The maximum Gasteiger partial charge on any atom is 0.354 e. The Hall–Kier alpha value is -2.88. The summed E-state index contributed by atoms with van der Waals surface area (Å²) < 4.78 is 5.34. The Labute approximate surface area is 128 Å². The lowest BCUT2D eigenvalue weighted by Crippen LogP contribution is -2.04. The molecule has 110 valence electrons. The molecule has 1 aromatic heterocycles. The van der Waals surface area contributed by atoms with Crippen molar-refractivity contribution in [2.75, 3.05) is 7.11 Å². The normalized spacial score (nSPS) is 10.6. The molecule has 22 heavy (non-hydrogen) atoms. The molecule has 2 aromatic carbocycles. The van der Waals surface area contributed by atoms with Crippen LogP contribution in [0, 0.1) is 6.92 Å². The van der Waals surface area contributed by atoms with Gasteiger partial charge in [-0.2, -0.15) is 0 Å². The Kier molecular flexibility index (Phi) is 3.51. The van der Waals surface area contributed by atoms with E-state index in [-0.39, 0.29) is 5.69 Å². The number of rotatable bonds is 3. The zero-order valence-corrected chi connectivity index (χ0v) is 12.3. The highest BCUT2D eigenvalue weighted by Gasteiger charge is 2.15. The minimum atomic E-state index is -1.04. The van der Waals surface area contributed by atoms with Gasteiger partial charge >= 0.3 is 5.97 Å². The van der Waals surface area contributed by atoms with Crippen LogP contribution in [0.1, 0.15) is 16.1 Å². The van der Waals surface area contributed by atoms with Gasteiger partial charge in [-0.25, -0.2) is 9.78 Å².